The van der Waals surface area contributed by atoms with Gasteiger partial charge in [-0.25, -0.2) is 29.9 Å². The average molecular weight is 1030 g/mol. The Kier molecular flexibility index (Phi) is 40.9. The second kappa shape index (κ2) is 46.0. The molecule has 1 aromatic carbocycles. The highest BCUT2D eigenvalue weighted by molar-refractivity contribution is 7.09. The monoisotopic (exact) mass is 1030 g/mol. The average Bonchev–Trinajstić information content (AvgIpc) is 4.28. The van der Waals surface area contributed by atoms with E-state index in [2.05, 4.69) is 112 Å². The standard InChI is InChI=1S/C7H8.3C6H7N.3C5H6N2.2C5H6O.2C5H6S.CH4/c1-7-5-3-2-4-6-7;1-6-2-4-7-5-3-6;1-6-3-2-4-7-5-6;1-6-4-2-3-5-7-6;1-5-2-6-4-7-3-5;1-5-2-3-6-4-7-5;1-5-6-3-2-4-7-5;1-5-2-3-6-4-5;1-5-3-2-4-6-5;1-5-2-3-6-4-5;1-5-3-2-4-6-5;/h2-6H,1H3;3*2-5H,1H3;3*2-4H,1H3;4*2-4H,1H3;1H4. The molecule has 0 radical (unpaired) electrons. The molecule has 0 saturated heterocycles. The van der Waals surface area contributed by atoms with Crippen molar-refractivity contribution >= 4 is 22.7 Å². The van der Waals surface area contributed by atoms with Crippen LogP contribution < -0.4 is 0 Å². The molecule has 0 bridgehead atoms. The number of benzene rings is 1. The Balaban J connectivity index is 0.000000792. The van der Waals surface area contributed by atoms with Crippen molar-refractivity contribution in [2.75, 3.05) is 0 Å². The Bertz CT molecular complexity index is 2240. The summed E-state index contributed by atoms with van der Waals surface area (Å²) in [4.78, 5) is 36.0. The van der Waals surface area contributed by atoms with Crippen LogP contribution in [0.25, 0.3) is 0 Å². The van der Waals surface area contributed by atoms with Gasteiger partial charge in [0.25, 0.3) is 0 Å². The third kappa shape index (κ3) is 43.9. The smallest absolute Gasteiger partial charge is 0.125 e. The SMILES string of the molecule is C.Cc1ccccc1.Cc1ccccn1.Cc1cccnc1.Cc1ccco1.Cc1cccs1.Cc1ccncc1.Cc1ccncn1.Cc1ccoc1.Cc1ccsc1.Cc1cncnc1.Cc1ncccn1. The lowest BCUT2D eigenvalue weighted by atomic mass is 10.2. The Labute approximate surface area is 449 Å². The zero-order valence-corrected chi connectivity index (χ0v) is 45.7. The zero-order chi connectivity index (χ0) is 53.4. The number of hydrogen-bond donors (Lipinski definition) is 0. The highest BCUT2D eigenvalue weighted by Crippen LogP contribution is 2.04. The number of aryl methyl sites for hydroxylation is 11. The van der Waals surface area contributed by atoms with Crippen molar-refractivity contribution in [3.63, 3.8) is 0 Å². The summed E-state index contributed by atoms with van der Waals surface area (Å²) in [6, 6.07) is 39.6. The van der Waals surface area contributed by atoms with Crippen molar-refractivity contribution in [3.8, 4) is 0 Å². The van der Waals surface area contributed by atoms with Crippen LogP contribution in [0.5, 0.6) is 0 Å². The van der Waals surface area contributed by atoms with Gasteiger partial charge in [-0.3, -0.25) is 15.0 Å². The van der Waals surface area contributed by atoms with E-state index in [-0.39, 0.29) is 7.43 Å². The highest BCUT2D eigenvalue weighted by atomic mass is 32.1. The predicted molar refractivity (Wildman–Crippen MR) is 310 cm³/mol. The molecule has 0 unspecified atom stereocenters. The van der Waals surface area contributed by atoms with Crippen molar-refractivity contribution in [3.05, 3.63) is 292 Å². The fourth-order valence-corrected chi connectivity index (χ4v) is 5.54. The predicted octanol–water partition coefficient (Wildman–Crippen LogP) is 16.4. The molecule has 10 aromatic heterocycles. The van der Waals surface area contributed by atoms with Crippen LogP contribution >= 0.6 is 22.7 Å². The number of nitrogens with zero attached hydrogens (tertiary/aromatic N) is 9. The van der Waals surface area contributed by atoms with Gasteiger partial charge in [0.15, 0.2) is 0 Å². The normalized spacial score (nSPS) is 8.64. The van der Waals surface area contributed by atoms with Gasteiger partial charge in [-0.1, -0.05) is 61.5 Å². The lowest BCUT2D eigenvalue weighted by Gasteiger charge is -1.82. The minimum absolute atomic E-state index is 0. The van der Waals surface area contributed by atoms with Gasteiger partial charge in [0.1, 0.15) is 24.2 Å². The third-order valence-corrected chi connectivity index (χ3v) is 9.78. The minimum Gasteiger partial charge on any atom is -0.472 e. The summed E-state index contributed by atoms with van der Waals surface area (Å²) in [5, 5.41) is 6.28. The maximum absolute atomic E-state index is 4.83. The third-order valence-electron chi connectivity index (χ3n) is 8.18. The van der Waals surface area contributed by atoms with Crippen molar-refractivity contribution in [1.82, 2.24) is 44.9 Å². The molecule has 11 rings (SSSR count). The van der Waals surface area contributed by atoms with Crippen LogP contribution in [0.2, 0.25) is 0 Å². The van der Waals surface area contributed by atoms with E-state index in [1.165, 1.54) is 45.3 Å². The second-order valence-electron chi connectivity index (χ2n) is 15.3. The van der Waals surface area contributed by atoms with E-state index in [0.717, 1.165) is 28.5 Å². The highest BCUT2D eigenvalue weighted by Gasteiger charge is 1.80. The Hall–Kier alpha value is -8.13. The van der Waals surface area contributed by atoms with Crippen molar-refractivity contribution < 1.29 is 8.83 Å². The number of hydrogen-bond acceptors (Lipinski definition) is 13. The molecule has 0 aliphatic rings. The molecule has 0 spiro atoms. The van der Waals surface area contributed by atoms with Gasteiger partial charge >= 0.3 is 0 Å². The maximum atomic E-state index is 4.83. The molecule has 0 saturated carbocycles. The van der Waals surface area contributed by atoms with Crippen molar-refractivity contribution in [2.24, 2.45) is 0 Å². The van der Waals surface area contributed by atoms with Crippen molar-refractivity contribution in [2.45, 2.75) is 83.6 Å². The molecular weight excluding hydrogens is 955 g/mol. The van der Waals surface area contributed by atoms with Crippen LogP contribution in [0.1, 0.15) is 68.7 Å². The van der Waals surface area contributed by atoms with Crippen molar-refractivity contribution in [1.29, 1.82) is 0 Å². The summed E-state index contributed by atoms with van der Waals surface area (Å²) in [5.41, 5.74) is 9.51. The summed E-state index contributed by atoms with van der Waals surface area (Å²) >= 11 is 3.52. The van der Waals surface area contributed by atoms with E-state index < -0.39 is 0 Å². The van der Waals surface area contributed by atoms with E-state index >= 15 is 0 Å². The first-order valence-electron chi connectivity index (χ1n) is 23.1. The van der Waals surface area contributed by atoms with E-state index in [9.17, 15) is 0 Å². The molecule has 0 amide bonds. The fourth-order valence-electron chi connectivity index (χ4n) is 4.35. The number of rotatable bonds is 0. The van der Waals surface area contributed by atoms with Gasteiger partial charge in [-0.2, -0.15) is 11.3 Å². The molecule has 0 aliphatic carbocycles. The number of thiophene rings is 2. The Morgan fingerprint density at radius 2 is 1.01 bits per heavy atom. The topological polar surface area (TPSA) is 142 Å². The quantitative estimate of drug-likeness (QED) is 0.143. The van der Waals surface area contributed by atoms with Crippen LogP contribution in [0, 0.1) is 76.2 Å². The summed E-state index contributed by atoms with van der Waals surface area (Å²) < 4.78 is 9.55. The second-order valence-corrected chi connectivity index (χ2v) is 17.2. The van der Waals surface area contributed by atoms with E-state index in [1.54, 1.807) is 103 Å². The van der Waals surface area contributed by atoms with Gasteiger partial charge in [0, 0.05) is 78.2 Å². The van der Waals surface area contributed by atoms with Gasteiger partial charge in [-0.15, -0.1) is 11.3 Å². The molecule has 388 valence electrons. The number of furan rings is 2. The largest absolute Gasteiger partial charge is 0.472 e. The number of pyridine rings is 3. The Morgan fingerprint density at radius 1 is 0.378 bits per heavy atom. The molecular formula is C61H75N9O2S2. The van der Waals surface area contributed by atoms with Crippen LogP contribution in [-0.4, -0.2) is 44.9 Å². The lowest BCUT2D eigenvalue weighted by Crippen LogP contribution is -1.80. The summed E-state index contributed by atoms with van der Waals surface area (Å²) in [6.45, 7) is 22.0. The van der Waals surface area contributed by atoms with Gasteiger partial charge in [0.2, 0.25) is 0 Å². The first-order chi connectivity index (χ1) is 35.3. The van der Waals surface area contributed by atoms with Gasteiger partial charge < -0.3 is 8.83 Å². The molecule has 0 N–H and O–H groups in total. The van der Waals surface area contributed by atoms with Gasteiger partial charge in [0.05, 0.1) is 18.8 Å². The first kappa shape index (κ1) is 65.9. The number of aromatic nitrogens is 9. The fraction of sp³-hybridized carbons (Fsp3) is 0.197. The van der Waals surface area contributed by atoms with Crippen LogP contribution in [0.4, 0.5) is 0 Å². The van der Waals surface area contributed by atoms with E-state index in [0.29, 0.717) is 0 Å². The van der Waals surface area contributed by atoms with Crippen LogP contribution in [0.3, 0.4) is 0 Å². The first-order valence-corrected chi connectivity index (χ1v) is 24.9. The zero-order valence-electron chi connectivity index (χ0n) is 44.1. The van der Waals surface area contributed by atoms with Crippen LogP contribution in [0.15, 0.2) is 240 Å². The lowest BCUT2D eigenvalue weighted by molar-refractivity contribution is 0.534. The molecule has 11 aromatic rings. The Morgan fingerprint density at radius 3 is 1.26 bits per heavy atom. The maximum Gasteiger partial charge on any atom is 0.125 e. The molecule has 74 heavy (non-hydrogen) atoms. The van der Waals surface area contributed by atoms with Gasteiger partial charge in [-0.05, 0) is 193 Å². The summed E-state index contributed by atoms with van der Waals surface area (Å²) in [5.74, 6) is 1.79. The molecule has 0 aliphatic heterocycles. The molecule has 11 nitrogen and oxygen atoms in total. The van der Waals surface area contributed by atoms with E-state index in [1.807, 2.05) is 147 Å². The van der Waals surface area contributed by atoms with Crippen LogP contribution in [-0.2, 0) is 0 Å². The van der Waals surface area contributed by atoms with E-state index in [4.69, 9.17) is 8.83 Å². The molecule has 0 atom stereocenters. The summed E-state index contributed by atoms with van der Waals surface area (Å²) in [6.07, 6.45) is 25.8. The molecule has 13 heteroatoms. The minimum atomic E-state index is 0. The molecule has 10 heterocycles. The molecule has 0 fully saturated rings. The summed E-state index contributed by atoms with van der Waals surface area (Å²) in [7, 11) is 0.